The fourth-order valence-electron chi connectivity index (χ4n) is 9.23. The molecule has 2 heterocycles. The van der Waals surface area contributed by atoms with Crippen molar-refractivity contribution in [2.75, 3.05) is 0 Å². The lowest BCUT2D eigenvalue weighted by Gasteiger charge is -2.21. The van der Waals surface area contributed by atoms with Crippen LogP contribution in [-0.4, -0.2) is 15.0 Å². The Bertz CT molecular complexity index is 3220. The van der Waals surface area contributed by atoms with E-state index in [4.69, 9.17) is 9.97 Å². The molecule has 1 aliphatic carbocycles. The smallest absolute Gasteiger partial charge is 0.160 e. The second kappa shape index (κ2) is 13.9. The van der Waals surface area contributed by atoms with Crippen molar-refractivity contribution in [2.24, 2.45) is 0 Å². The van der Waals surface area contributed by atoms with Crippen LogP contribution >= 0.6 is 0 Å². The van der Waals surface area contributed by atoms with Crippen LogP contribution in [0.3, 0.4) is 0 Å². The lowest BCUT2D eigenvalue weighted by Crippen LogP contribution is -2.14. The molecule has 8 aromatic carbocycles. The van der Waals surface area contributed by atoms with Gasteiger partial charge in [0, 0.05) is 40.1 Å². The second-order valence-electron chi connectivity index (χ2n) is 16.0. The molecule has 0 bridgehead atoms. The summed E-state index contributed by atoms with van der Waals surface area (Å²) in [6, 6.07) is 67.5. The van der Waals surface area contributed by atoms with Gasteiger partial charge in [0.25, 0.3) is 0 Å². The second-order valence-corrected chi connectivity index (χ2v) is 16.0. The molecule has 0 amide bonds. The van der Waals surface area contributed by atoms with Gasteiger partial charge in [-0.1, -0.05) is 184 Å². The Morgan fingerprint density at radius 2 is 1.00 bits per heavy atom. The van der Waals surface area contributed by atoms with E-state index in [1.165, 1.54) is 60.7 Å². The van der Waals surface area contributed by atoms with Crippen molar-refractivity contribution in [3.8, 4) is 78.4 Å². The summed E-state index contributed by atoms with van der Waals surface area (Å²) in [5.74, 6) is 0.694. The van der Waals surface area contributed by atoms with Crippen molar-refractivity contribution in [2.45, 2.75) is 19.3 Å². The number of aromatic nitrogens is 3. The Hall–Kier alpha value is -7.49. The van der Waals surface area contributed by atoms with Crippen molar-refractivity contribution in [1.82, 2.24) is 15.0 Å². The highest BCUT2D eigenvalue weighted by Crippen LogP contribution is 2.54. The topological polar surface area (TPSA) is 38.7 Å². The Morgan fingerprint density at radius 1 is 0.373 bits per heavy atom. The summed E-state index contributed by atoms with van der Waals surface area (Å²) in [5, 5.41) is 4.92. The fraction of sp³-hybridized carbons (Fsp3) is 0.0536. The predicted molar refractivity (Wildman–Crippen MR) is 245 cm³/mol. The monoisotopic (exact) mass is 753 g/mol. The van der Waals surface area contributed by atoms with E-state index in [2.05, 4.69) is 183 Å². The van der Waals surface area contributed by atoms with E-state index in [9.17, 15) is 0 Å². The molecule has 11 rings (SSSR count). The highest BCUT2D eigenvalue weighted by molar-refractivity contribution is 6.07. The molecule has 0 radical (unpaired) electrons. The van der Waals surface area contributed by atoms with Gasteiger partial charge < -0.3 is 0 Å². The van der Waals surface area contributed by atoms with Gasteiger partial charge in [-0.05, 0) is 89.8 Å². The predicted octanol–water partition coefficient (Wildman–Crippen LogP) is 14.5. The first-order chi connectivity index (χ1) is 29.0. The molecule has 3 nitrogen and oxygen atoms in total. The minimum atomic E-state index is -0.0818. The maximum atomic E-state index is 5.23. The molecule has 0 fully saturated rings. The van der Waals surface area contributed by atoms with Crippen LogP contribution in [0.2, 0.25) is 0 Å². The minimum Gasteiger partial charge on any atom is -0.264 e. The summed E-state index contributed by atoms with van der Waals surface area (Å²) in [6.45, 7) is 4.72. The first-order valence-corrected chi connectivity index (χ1v) is 20.3. The third-order valence-electron chi connectivity index (χ3n) is 12.2. The first kappa shape index (κ1) is 34.7. The van der Waals surface area contributed by atoms with Crippen LogP contribution in [0.4, 0.5) is 0 Å². The van der Waals surface area contributed by atoms with E-state index in [-0.39, 0.29) is 5.41 Å². The molecule has 1 aliphatic rings. The van der Waals surface area contributed by atoms with Gasteiger partial charge in [-0.2, -0.15) is 0 Å². The van der Waals surface area contributed by atoms with Gasteiger partial charge in [0.1, 0.15) is 0 Å². The van der Waals surface area contributed by atoms with Gasteiger partial charge in [0.05, 0.1) is 11.4 Å². The molecule has 2 aromatic heterocycles. The van der Waals surface area contributed by atoms with Crippen LogP contribution in [0, 0.1) is 0 Å². The normalized spacial score (nSPS) is 12.7. The van der Waals surface area contributed by atoms with E-state index in [1.807, 2.05) is 30.5 Å². The number of hydrogen-bond donors (Lipinski definition) is 0. The summed E-state index contributed by atoms with van der Waals surface area (Å²) in [4.78, 5) is 14.7. The summed E-state index contributed by atoms with van der Waals surface area (Å²) in [5.41, 5.74) is 17.3. The maximum Gasteiger partial charge on any atom is 0.160 e. The molecule has 0 spiro atoms. The van der Waals surface area contributed by atoms with E-state index in [0.717, 1.165) is 44.6 Å². The van der Waals surface area contributed by atoms with Crippen molar-refractivity contribution >= 4 is 21.5 Å². The highest BCUT2D eigenvalue weighted by atomic mass is 14.9. The molecule has 278 valence electrons. The number of benzene rings is 8. The zero-order valence-electron chi connectivity index (χ0n) is 32.9. The average molecular weight is 754 g/mol. The van der Waals surface area contributed by atoms with Crippen LogP contribution in [0.5, 0.6) is 0 Å². The number of fused-ring (bicyclic) bond motifs is 6. The SMILES string of the molecule is CC1(C)c2cccc(-c3ccc(-c4ccc(-c5cc(-c6cccc(-c7cccnc7)c6)nc(-c6ccccc6)n5)c5ccccc45)cc3)c2-c2c1ccc1ccccc21. The van der Waals surface area contributed by atoms with E-state index >= 15 is 0 Å². The molecule has 59 heavy (non-hydrogen) atoms. The molecule has 0 saturated carbocycles. The summed E-state index contributed by atoms with van der Waals surface area (Å²) >= 11 is 0. The average Bonchev–Trinajstić information content (AvgIpc) is 3.55. The quantitative estimate of drug-likeness (QED) is 0.170. The number of rotatable bonds is 6. The molecule has 10 aromatic rings. The first-order valence-electron chi connectivity index (χ1n) is 20.3. The van der Waals surface area contributed by atoms with Crippen LogP contribution in [0.15, 0.2) is 200 Å². The van der Waals surface area contributed by atoms with E-state index < -0.39 is 0 Å². The van der Waals surface area contributed by atoms with Crippen LogP contribution < -0.4 is 0 Å². The third kappa shape index (κ3) is 5.85. The Labute approximate surface area is 344 Å². The standard InChI is InChI=1S/C56H39N3/c1-56(2)49-23-11-22-45(53(49)54-44-19-7-6-13-36(44)28-31-50(54)56)38-26-24-37(25-27-38)43-29-30-48(47-21-9-8-20-46(43)47)52-34-51(58-55(59-52)39-14-4-3-5-15-39)41-17-10-16-40(33-41)42-18-12-32-57-35-42/h3-35H,1-2H3. The lowest BCUT2D eigenvalue weighted by molar-refractivity contribution is 0.661. The number of hydrogen-bond acceptors (Lipinski definition) is 3. The summed E-state index contributed by atoms with van der Waals surface area (Å²) in [6.07, 6.45) is 3.70. The Morgan fingerprint density at radius 3 is 1.80 bits per heavy atom. The molecule has 0 unspecified atom stereocenters. The van der Waals surface area contributed by atoms with Crippen molar-refractivity contribution in [1.29, 1.82) is 0 Å². The van der Waals surface area contributed by atoms with Crippen LogP contribution in [0.1, 0.15) is 25.0 Å². The molecule has 0 N–H and O–H groups in total. The lowest BCUT2D eigenvalue weighted by atomic mass is 9.81. The van der Waals surface area contributed by atoms with Gasteiger partial charge in [-0.25, -0.2) is 9.97 Å². The van der Waals surface area contributed by atoms with Crippen molar-refractivity contribution in [3.05, 3.63) is 212 Å². The minimum absolute atomic E-state index is 0.0818. The highest BCUT2D eigenvalue weighted by Gasteiger charge is 2.37. The Balaban J connectivity index is 1.01. The van der Waals surface area contributed by atoms with Crippen molar-refractivity contribution in [3.63, 3.8) is 0 Å². The summed E-state index contributed by atoms with van der Waals surface area (Å²) in [7, 11) is 0. The van der Waals surface area contributed by atoms with Gasteiger partial charge in [-0.3, -0.25) is 4.98 Å². The zero-order chi connectivity index (χ0) is 39.5. The van der Waals surface area contributed by atoms with Crippen LogP contribution in [0.25, 0.3) is 100.0 Å². The van der Waals surface area contributed by atoms with Gasteiger partial charge in [0.2, 0.25) is 0 Å². The third-order valence-corrected chi connectivity index (χ3v) is 12.2. The van der Waals surface area contributed by atoms with Crippen molar-refractivity contribution < 1.29 is 0 Å². The number of pyridine rings is 1. The van der Waals surface area contributed by atoms with Gasteiger partial charge >= 0.3 is 0 Å². The van der Waals surface area contributed by atoms with Gasteiger partial charge in [-0.15, -0.1) is 0 Å². The molecular formula is C56H39N3. The molecular weight excluding hydrogens is 715 g/mol. The molecule has 0 aliphatic heterocycles. The van der Waals surface area contributed by atoms with Gasteiger partial charge in [0.15, 0.2) is 5.82 Å². The molecule has 0 atom stereocenters. The zero-order valence-corrected chi connectivity index (χ0v) is 32.9. The maximum absolute atomic E-state index is 5.23. The molecule has 0 saturated heterocycles. The fourth-order valence-corrected chi connectivity index (χ4v) is 9.23. The van der Waals surface area contributed by atoms with E-state index in [1.54, 1.807) is 6.20 Å². The number of nitrogens with zero attached hydrogens (tertiary/aromatic N) is 3. The Kier molecular flexibility index (Phi) is 8.16. The largest absolute Gasteiger partial charge is 0.264 e. The van der Waals surface area contributed by atoms with Crippen LogP contribution in [-0.2, 0) is 5.41 Å². The molecule has 3 heteroatoms. The summed E-state index contributed by atoms with van der Waals surface area (Å²) < 4.78 is 0. The van der Waals surface area contributed by atoms with E-state index in [0.29, 0.717) is 5.82 Å².